The van der Waals surface area contributed by atoms with E-state index in [2.05, 4.69) is 0 Å². The standard InChI is InChI=1S/C15H23NO3/c17-14(16-7-3-1-2-4-8-16)12-10-5-6-11(9-10)13(12)15(18)19/h10-13H,1-9H2,(H,18,19)/p-1/t10-,11-,12+,13+/m1/s1. The first-order valence-electron chi connectivity index (χ1n) is 7.68. The molecule has 2 bridgehead atoms. The van der Waals surface area contributed by atoms with E-state index in [9.17, 15) is 14.7 Å². The van der Waals surface area contributed by atoms with Crippen LogP contribution in [0, 0.1) is 23.7 Å². The SMILES string of the molecule is O=C([O-])[C@H]1[C@@H]2CC[C@H](C2)[C@@H]1C(=O)N1CCCCCC1. The summed E-state index contributed by atoms with van der Waals surface area (Å²) in [5, 5.41) is 11.4. The van der Waals surface area contributed by atoms with Crippen molar-refractivity contribution in [2.45, 2.75) is 44.9 Å². The van der Waals surface area contributed by atoms with Crippen molar-refractivity contribution in [3.8, 4) is 0 Å². The molecule has 3 fully saturated rings. The lowest BCUT2D eigenvalue weighted by Crippen LogP contribution is -2.47. The Kier molecular flexibility index (Phi) is 3.50. The molecule has 1 saturated heterocycles. The summed E-state index contributed by atoms with van der Waals surface area (Å²) in [7, 11) is 0. The van der Waals surface area contributed by atoms with Crippen molar-refractivity contribution in [1.82, 2.24) is 4.90 Å². The van der Waals surface area contributed by atoms with Gasteiger partial charge in [-0.1, -0.05) is 12.8 Å². The minimum atomic E-state index is -1.000. The van der Waals surface area contributed by atoms with Crippen LogP contribution in [0.4, 0.5) is 0 Å². The van der Waals surface area contributed by atoms with Crippen LogP contribution in [0.15, 0.2) is 0 Å². The average Bonchev–Trinajstić information content (AvgIpc) is 2.89. The first kappa shape index (κ1) is 12.9. The molecule has 4 nitrogen and oxygen atoms in total. The van der Waals surface area contributed by atoms with Crippen LogP contribution in [0.1, 0.15) is 44.9 Å². The highest BCUT2D eigenvalue weighted by atomic mass is 16.4. The average molecular weight is 264 g/mol. The van der Waals surface area contributed by atoms with E-state index < -0.39 is 11.9 Å². The number of carboxylic acids is 1. The van der Waals surface area contributed by atoms with Gasteiger partial charge in [-0.05, 0) is 43.9 Å². The number of carboxylic acid groups (broad SMARTS) is 1. The van der Waals surface area contributed by atoms with Crippen molar-refractivity contribution >= 4 is 11.9 Å². The quantitative estimate of drug-likeness (QED) is 0.741. The first-order chi connectivity index (χ1) is 9.18. The van der Waals surface area contributed by atoms with Crippen LogP contribution in [-0.4, -0.2) is 29.9 Å². The van der Waals surface area contributed by atoms with Crippen LogP contribution in [0.25, 0.3) is 0 Å². The fraction of sp³-hybridized carbons (Fsp3) is 0.867. The normalized spacial score (nSPS) is 38.2. The van der Waals surface area contributed by atoms with Gasteiger partial charge >= 0.3 is 0 Å². The van der Waals surface area contributed by atoms with Crippen molar-refractivity contribution in [3.63, 3.8) is 0 Å². The van der Waals surface area contributed by atoms with Gasteiger partial charge in [-0.3, -0.25) is 4.79 Å². The van der Waals surface area contributed by atoms with Crippen LogP contribution < -0.4 is 5.11 Å². The number of rotatable bonds is 2. The van der Waals surface area contributed by atoms with Gasteiger partial charge in [0.1, 0.15) is 0 Å². The van der Waals surface area contributed by atoms with E-state index in [1.54, 1.807) is 0 Å². The zero-order chi connectivity index (χ0) is 13.4. The molecule has 19 heavy (non-hydrogen) atoms. The van der Waals surface area contributed by atoms with Crippen LogP contribution in [0.5, 0.6) is 0 Å². The Morgan fingerprint density at radius 3 is 2.05 bits per heavy atom. The monoisotopic (exact) mass is 264 g/mol. The highest BCUT2D eigenvalue weighted by molar-refractivity contribution is 5.85. The second-order valence-corrected chi connectivity index (χ2v) is 6.44. The number of aliphatic carboxylic acids is 1. The number of fused-ring (bicyclic) bond motifs is 2. The predicted octanol–water partition coefficient (Wildman–Crippen LogP) is 0.801. The molecule has 0 N–H and O–H groups in total. The summed E-state index contributed by atoms with van der Waals surface area (Å²) < 4.78 is 0. The van der Waals surface area contributed by atoms with Gasteiger partial charge in [-0.25, -0.2) is 0 Å². The number of likely N-dealkylation sites (tertiary alicyclic amines) is 1. The van der Waals surface area contributed by atoms with Gasteiger partial charge in [0.05, 0.1) is 0 Å². The van der Waals surface area contributed by atoms with E-state index in [1.165, 1.54) is 12.8 Å². The zero-order valence-corrected chi connectivity index (χ0v) is 11.3. The molecule has 0 aromatic carbocycles. The smallest absolute Gasteiger partial charge is 0.226 e. The molecule has 3 rings (SSSR count). The van der Waals surface area contributed by atoms with Gasteiger partial charge in [0.2, 0.25) is 5.91 Å². The summed E-state index contributed by atoms with van der Waals surface area (Å²) in [6.07, 6.45) is 7.40. The van der Waals surface area contributed by atoms with E-state index in [0.717, 1.165) is 45.2 Å². The Balaban J connectivity index is 1.76. The fourth-order valence-electron chi connectivity index (χ4n) is 4.49. The minimum absolute atomic E-state index is 0.100. The Morgan fingerprint density at radius 1 is 0.895 bits per heavy atom. The Bertz CT molecular complexity index is 374. The van der Waals surface area contributed by atoms with E-state index in [1.807, 2.05) is 4.90 Å². The van der Waals surface area contributed by atoms with E-state index in [-0.39, 0.29) is 17.7 Å². The molecule has 3 aliphatic rings. The molecule has 0 unspecified atom stereocenters. The lowest BCUT2D eigenvalue weighted by atomic mass is 9.78. The maximum atomic E-state index is 12.7. The molecule has 4 atom stereocenters. The van der Waals surface area contributed by atoms with Crippen LogP contribution in [0.3, 0.4) is 0 Å². The highest BCUT2D eigenvalue weighted by Crippen LogP contribution is 2.52. The summed E-state index contributed by atoms with van der Waals surface area (Å²) in [5.41, 5.74) is 0. The largest absolute Gasteiger partial charge is 0.550 e. The molecular formula is C15H22NO3-. The summed E-state index contributed by atoms with van der Waals surface area (Å²) in [6, 6.07) is 0. The van der Waals surface area contributed by atoms with Crippen LogP contribution in [0.2, 0.25) is 0 Å². The van der Waals surface area contributed by atoms with Crippen LogP contribution in [-0.2, 0) is 9.59 Å². The summed E-state index contributed by atoms with van der Waals surface area (Å²) >= 11 is 0. The Morgan fingerprint density at radius 2 is 1.47 bits per heavy atom. The second kappa shape index (κ2) is 5.14. The lowest BCUT2D eigenvalue weighted by Gasteiger charge is -2.34. The van der Waals surface area contributed by atoms with E-state index in [4.69, 9.17) is 0 Å². The zero-order valence-electron chi connectivity index (χ0n) is 11.3. The van der Waals surface area contributed by atoms with E-state index >= 15 is 0 Å². The summed E-state index contributed by atoms with van der Waals surface area (Å²) in [4.78, 5) is 26.0. The van der Waals surface area contributed by atoms with Crippen LogP contribution >= 0.6 is 0 Å². The molecule has 1 aliphatic heterocycles. The van der Waals surface area contributed by atoms with Crippen molar-refractivity contribution in [2.75, 3.05) is 13.1 Å². The van der Waals surface area contributed by atoms with Crippen molar-refractivity contribution in [3.05, 3.63) is 0 Å². The number of hydrogen-bond donors (Lipinski definition) is 0. The number of hydrogen-bond acceptors (Lipinski definition) is 3. The van der Waals surface area contributed by atoms with Crippen molar-refractivity contribution in [1.29, 1.82) is 0 Å². The minimum Gasteiger partial charge on any atom is -0.550 e. The molecule has 2 aliphatic carbocycles. The molecule has 2 saturated carbocycles. The first-order valence-corrected chi connectivity index (χ1v) is 7.68. The lowest BCUT2D eigenvalue weighted by molar-refractivity contribution is -0.314. The predicted molar refractivity (Wildman–Crippen MR) is 67.9 cm³/mol. The molecular weight excluding hydrogens is 242 g/mol. The number of nitrogens with zero attached hydrogens (tertiary/aromatic N) is 1. The molecule has 0 aromatic heterocycles. The highest BCUT2D eigenvalue weighted by Gasteiger charge is 2.52. The maximum absolute atomic E-state index is 12.7. The topological polar surface area (TPSA) is 60.4 Å². The van der Waals surface area contributed by atoms with Gasteiger partial charge in [-0.15, -0.1) is 0 Å². The molecule has 0 aromatic rings. The molecule has 0 radical (unpaired) electrons. The Hall–Kier alpha value is -1.06. The number of amides is 1. The van der Waals surface area contributed by atoms with Crippen molar-refractivity contribution < 1.29 is 14.7 Å². The Labute approximate surface area is 114 Å². The summed E-state index contributed by atoms with van der Waals surface area (Å²) in [6.45, 7) is 1.62. The number of carbonyl (C=O) groups is 2. The molecule has 0 spiro atoms. The molecule has 4 heteroatoms. The van der Waals surface area contributed by atoms with Gasteiger partial charge in [0.15, 0.2) is 0 Å². The summed E-state index contributed by atoms with van der Waals surface area (Å²) in [5.74, 6) is -1.22. The van der Waals surface area contributed by atoms with E-state index in [0.29, 0.717) is 5.92 Å². The fourth-order valence-corrected chi connectivity index (χ4v) is 4.49. The van der Waals surface area contributed by atoms with Crippen molar-refractivity contribution in [2.24, 2.45) is 23.7 Å². The van der Waals surface area contributed by atoms with Gasteiger partial charge in [0.25, 0.3) is 0 Å². The van der Waals surface area contributed by atoms with Gasteiger partial charge in [-0.2, -0.15) is 0 Å². The second-order valence-electron chi connectivity index (χ2n) is 6.44. The van der Waals surface area contributed by atoms with Gasteiger partial charge < -0.3 is 14.8 Å². The third-order valence-corrected chi connectivity index (χ3v) is 5.39. The maximum Gasteiger partial charge on any atom is 0.226 e. The number of carbonyl (C=O) groups excluding carboxylic acids is 2. The molecule has 1 amide bonds. The van der Waals surface area contributed by atoms with Gasteiger partial charge in [0, 0.05) is 30.9 Å². The molecule has 1 heterocycles. The molecule has 106 valence electrons. The third-order valence-electron chi connectivity index (χ3n) is 5.39. The third kappa shape index (κ3) is 2.26.